The molecule has 2 atom stereocenters. The molecule has 0 fully saturated rings. The Hall–Kier alpha value is -0.850. The van der Waals surface area contributed by atoms with Crippen LogP contribution in [0.4, 0.5) is 4.39 Å². The summed E-state index contributed by atoms with van der Waals surface area (Å²) >= 11 is 0. The van der Waals surface area contributed by atoms with Gasteiger partial charge < -0.3 is 0 Å². The Balaban J connectivity index is 2.77. The summed E-state index contributed by atoms with van der Waals surface area (Å²) in [5.41, 5.74) is 1.23. The monoisotopic (exact) mass is 180 g/mol. The van der Waals surface area contributed by atoms with Crippen LogP contribution >= 0.6 is 0 Å². The van der Waals surface area contributed by atoms with Gasteiger partial charge in [0.25, 0.3) is 0 Å². The molecule has 0 aliphatic rings. The van der Waals surface area contributed by atoms with Crippen LogP contribution in [-0.4, -0.2) is 0 Å². The van der Waals surface area contributed by atoms with Gasteiger partial charge in [0, 0.05) is 0 Å². The average Bonchev–Trinajstić information content (AvgIpc) is 2.17. The zero-order valence-corrected chi connectivity index (χ0v) is 8.55. The van der Waals surface area contributed by atoms with Gasteiger partial charge in [-0.1, -0.05) is 39.3 Å². The number of rotatable bonds is 3. The molecule has 1 rings (SSSR count). The lowest BCUT2D eigenvalue weighted by molar-refractivity contribution is 0.472. The smallest absolute Gasteiger partial charge is 0.123 e. The van der Waals surface area contributed by atoms with Crippen molar-refractivity contribution in [2.24, 2.45) is 5.92 Å². The van der Waals surface area contributed by atoms with Crippen LogP contribution in [-0.2, 0) is 0 Å². The maximum atomic E-state index is 12.6. The molecule has 1 aromatic carbocycles. The van der Waals surface area contributed by atoms with Crippen molar-refractivity contribution in [3.8, 4) is 0 Å². The van der Waals surface area contributed by atoms with Gasteiger partial charge in [0.15, 0.2) is 0 Å². The lowest BCUT2D eigenvalue weighted by atomic mass is 9.87. The molecule has 0 amide bonds. The Kier molecular flexibility index (Phi) is 3.47. The molecule has 0 radical (unpaired) electrons. The van der Waals surface area contributed by atoms with Crippen LogP contribution in [0.3, 0.4) is 0 Å². The van der Waals surface area contributed by atoms with Crippen LogP contribution in [0.1, 0.15) is 38.7 Å². The summed E-state index contributed by atoms with van der Waals surface area (Å²) in [6.07, 6.45) is 1.17. The first kappa shape index (κ1) is 10.2. The Bertz CT molecular complexity index is 250. The highest BCUT2D eigenvalue weighted by Crippen LogP contribution is 2.25. The fraction of sp³-hybridized carbons (Fsp3) is 0.500. The second-order valence-electron chi connectivity index (χ2n) is 3.73. The lowest BCUT2D eigenvalue weighted by Crippen LogP contribution is -2.04. The topological polar surface area (TPSA) is 0 Å². The number of benzene rings is 1. The van der Waals surface area contributed by atoms with Crippen LogP contribution in [0.2, 0.25) is 0 Å². The van der Waals surface area contributed by atoms with E-state index in [4.69, 9.17) is 0 Å². The summed E-state index contributed by atoms with van der Waals surface area (Å²) in [5, 5.41) is 0. The first-order valence-corrected chi connectivity index (χ1v) is 4.90. The summed E-state index contributed by atoms with van der Waals surface area (Å²) in [5.74, 6) is 1.02. The molecule has 0 bridgehead atoms. The Morgan fingerprint density at radius 3 is 2.15 bits per heavy atom. The van der Waals surface area contributed by atoms with Crippen molar-refractivity contribution in [3.05, 3.63) is 35.6 Å². The Labute approximate surface area is 79.8 Å². The predicted octanol–water partition coefficient (Wildman–Crippen LogP) is 3.98. The normalized spacial score (nSPS) is 15.4. The van der Waals surface area contributed by atoms with Crippen molar-refractivity contribution < 1.29 is 4.39 Å². The van der Waals surface area contributed by atoms with E-state index in [-0.39, 0.29) is 5.82 Å². The van der Waals surface area contributed by atoms with Crippen molar-refractivity contribution in [1.29, 1.82) is 0 Å². The molecule has 0 saturated carbocycles. The van der Waals surface area contributed by atoms with E-state index in [9.17, 15) is 4.39 Å². The van der Waals surface area contributed by atoms with Gasteiger partial charge in [0.2, 0.25) is 0 Å². The molecule has 1 aromatic rings. The summed E-state index contributed by atoms with van der Waals surface area (Å²) in [4.78, 5) is 0. The summed E-state index contributed by atoms with van der Waals surface area (Å²) in [6.45, 7) is 6.61. The predicted molar refractivity (Wildman–Crippen MR) is 54.3 cm³/mol. The van der Waals surface area contributed by atoms with Crippen molar-refractivity contribution in [2.75, 3.05) is 0 Å². The third-order valence-electron chi connectivity index (χ3n) is 2.89. The first-order chi connectivity index (χ1) is 6.15. The third-order valence-corrected chi connectivity index (χ3v) is 2.89. The highest BCUT2D eigenvalue weighted by Gasteiger charge is 2.11. The molecular formula is C12H17F. The van der Waals surface area contributed by atoms with E-state index in [1.807, 2.05) is 12.1 Å². The molecule has 13 heavy (non-hydrogen) atoms. The lowest BCUT2D eigenvalue weighted by Gasteiger charge is -2.18. The van der Waals surface area contributed by atoms with Crippen LogP contribution in [0.15, 0.2) is 24.3 Å². The highest BCUT2D eigenvalue weighted by molar-refractivity contribution is 5.20. The maximum Gasteiger partial charge on any atom is 0.123 e. The second-order valence-corrected chi connectivity index (χ2v) is 3.73. The molecule has 0 spiro atoms. The van der Waals surface area contributed by atoms with E-state index in [1.165, 1.54) is 24.1 Å². The largest absolute Gasteiger partial charge is 0.207 e. The van der Waals surface area contributed by atoms with E-state index in [0.29, 0.717) is 11.8 Å². The van der Waals surface area contributed by atoms with E-state index in [0.717, 1.165) is 0 Å². The van der Waals surface area contributed by atoms with Crippen molar-refractivity contribution in [1.82, 2.24) is 0 Å². The minimum atomic E-state index is -0.153. The minimum Gasteiger partial charge on any atom is -0.207 e. The molecule has 0 aliphatic heterocycles. The number of hydrogen-bond acceptors (Lipinski definition) is 0. The van der Waals surface area contributed by atoms with Crippen LogP contribution in [0, 0.1) is 11.7 Å². The van der Waals surface area contributed by atoms with Gasteiger partial charge in [0.05, 0.1) is 0 Å². The van der Waals surface area contributed by atoms with E-state index < -0.39 is 0 Å². The van der Waals surface area contributed by atoms with Crippen LogP contribution < -0.4 is 0 Å². The number of halogens is 1. The van der Waals surface area contributed by atoms with Crippen LogP contribution in [0.5, 0.6) is 0 Å². The molecule has 0 aromatic heterocycles. The average molecular weight is 180 g/mol. The van der Waals surface area contributed by atoms with Gasteiger partial charge in [-0.25, -0.2) is 4.39 Å². The number of hydrogen-bond donors (Lipinski definition) is 0. The van der Waals surface area contributed by atoms with E-state index in [1.54, 1.807) is 0 Å². The van der Waals surface area contributed by atoms with Crippen molar-refractivity contribution in [3.63, 3.8) is 0 Å². The standard InChI is InChI=1S/C12H17F/c1-4-9(2)10(3)11-5-7-12(13)8-6-11/h5-10H,4H2,1-3H3. The third kappa shape index (κ3) is 2.55. The Morgan fingerprint density at radius 2 is 1.69 bits per heavy atom. The van der Waals surface area contributed by atoms with Gasteiger partial charge in [-0.05, 0) is 29.5 Å². The van der Waals surface area contributed by atoms with E-state index >= 15 is 0 Å². The molecular weight excluding hydrogens is 163 g/mol. The molecule has 0 nitrogen and oxygen atoms in total. The highest BCUT2D eigenvalue weighted by atomic mass is 19.1. The SMILES string of the molecule is CCC(C)C(C)c1ccc(F)cc1. The molecule has 72 valence electrons. The molecule has 0 saturated heterocycles. The quantitative estimate of drug-likeness (QED) is 0.660. The summed E-state index contributed by atoms with van der Waals surface area (Å²) in [6, 6.07) is 6.83. The van der Waals surface area contributed by atoms with Gasteiger partial charge in [-0.3, -0.25) is 0 Å². The molecule has 2 unspecified atom stereocenters. The minimum absolute atomic E-state index is 0.153. The van der Waals surface area contributed by atoms with Crippen molar-refractivity contribution in [2.45, 2.75) is 33.1 Å². The molecule has 0 N–H and O–H groups in total. The Morgan fingerprint density at radius 1 is 1.15 bits per heavy atom. The molecule has 1 heteroatoms. The second kappa shape index (κ2) is 4.40. The van der Waals surface area contributed by atoms with Crippen molar-refractivity contribution >= 4 is 0 Å². The first-order valence-electron chi connectivity index (χ1n) is 4.90. The fourth-order valence-corrected chi connectivity index (χ4v) is 1.45. The van der Waals surface area contributed by atoms with Gasteiger partial charge in [-0.2, -0.15) is 0 Å². The van der Waals surface area contributed by atoms with Crippen LogP contribution in [0.25, 0.3) is 0 Å². The molecule has 0 heterocycles. The van der Waals surface area contributed by atoms with Gasteiger partial charge in [0.1, 0.15) is 5.82 Å². The zero-order chi connectivity index (χ0) is 9.84. The molecule has 0 aliphatic carbocycles. The van der Waals surface area contributed by atoms with E-state index in [2.05, 4.69) is 20.8 Å². The summed E-state index contributed by atoms with van der Waals surface area (Å²) in [7, 11) is 0. The zero-order valence-electron chi connectivity index (χ0n) is 8.55. The maximum absolute atomic E-state index is 12.6. The summed E-state index contributed by atoms with van der Waals surface area (Å²) < 4.78 is 12.6. The van der Waals surface area contributed by atoms with Gasteiger partial charge >= 0.3 is 0 Å². The van der Waals surface area contributed by atoms with Gasteiger partial charge in [-0.15, -0.1) is 0 Å². The fourth-order valence-electron chi connectivity index (χ4n) is 1.45.